The normalized spacial score (nSPS) is 14.0. The Morgan fingerprint density at radius 3 is 2.67 bits per heavy atom. The molecule has 2 aromatic rings. The van der Waals surface area contributed by atoms with E-state index >= 15 is 0 Å². The first kappa shape index (κ1) is 13.8. The summed E-state index contributed by atoms with van der Waals surface area (Å²) in [6.07, 6.45) is 2.32. The van der Waals surface area contributed by atoms with Crippen molar-refractivity contribution >= 4 is 11.6 Å². The van der Waals surface area contributed by atoms with Crippen LogP contribution in [0.3, 0.4) is 0 Å². The molecule has 110 valence electrons. The largest absolute Gasteiger partial charge is 0.373 e. The lowest BCUT2D eigenvalue weighted by Gasteiger charge is -2.13. The van der Waals surface area contributed by atoms with Gasteiger partial charge in [-0.05, 0) is 37.5 Å². The average Bonchev–Trinajstić information content (AvgIpc) is 3.31. The van der Waals surface area contributed by atoms with Crippen LogP contribution >= 0.6 is 0 Å². The molecule has 1 aliphatic carbocycles. The first-order valence-electron chi connectivity index (χ1n) is 7.22. The molecule has 0 bridgehead atoms. The second kappa shape index (κ2) is 5.68. The Bertz CT molecular complexity index is 653. The molecule has 3 rings (SSSR count). The zero-order valence-corrected chi connectivity index (χ0v) is 12.3. The van der Waals surface area contributed by atoms with Crippen LogP contribution in [0.15, 0.2) is 24.3 Å². The molecule has 4 nitrogen and oxygen atoms in total. The van der Waals surface area contributed by atoms with E-state index in [1.807, 2.05) is 20.0 Å². The third-order valence-corrected chi connectivity index (χ3v) is 3.69. The highest BCUT2D eigenvalue weighted by molar-refractivity contribution is 5.57. The van der Waals surface area contributed by atoms with E-state index in [4.69, 9.17) is 0 Å². The Morgan fingerprint density at radius 1 is 1.24 bits per heavy atom. The number of rotatable bonds is 5. The standard InChI is InChI=1S/C16H19FN4/c1-10-14(18-2)20-16(12-6-7-12)21-15(10)19-9-11-4-3-5-13(17)8-11/h3-5,8,12H,6-7,9H2,1-2H3,(H2,18,19,20,21). The van der Waals surface area contributed by atoms with Gasteiger partial charge in [-0.15, -0.1) is 0 Å². The maximum absolute atomic E-state index is 13.2. The van der Waals surface area contributed by atoms with Gasteiger partial charge in [0.2, 0.25) is 0 Å². The fraction of sp³-hybridized carbons (Fsp3) is 0.375. The summed E-state index contributed by atoms with van der Waals surface area (Å²) in [6.45, 7) is 2.53. The van der Waals surface area contributed by atoms with Crippen LogP contribution in [0, 0.1) is 12.7 Å². The lowest BCUT2D eigenvalue weighted by molar-refractivity contribution is 0.626. The molecule has 5 heteroatoms. The quantitative estimate of drug-likeness (QED) is 0.884. The molecular formula is C16H19FN4. The van der Waals surface area contributed by atoms with Crippen molar-refractivity contribution in [1.29, 1.82) is 0 Å². The number of nitrogens with zero attached hydrogens (tertiary/aromatic N) is 2. The summed E-state index contributed by atoms with van der Waals surface area (Å²) in [5.74, 6) is 2.84. The Hall–Kier alpha value is -2.17. The minimum Gasteiger partial charge on any atom is -0.373 e. The van der Waals surface area contributed by atoms with Gasteiger partial charge in [-0.3, -0.25) is 0 Å². The number of nitrogens with one attached hydrogen (secondary N) is 2. The predicted molar refractivity (Wildman–Crippen MR) is 82.0 cm³/mol. The number of hydrogen-bond acceptors (Lipinski definition) is 4. The molecule has 0 unspecified atom stereocenters. The lowest BCUT2D eigenvalue weighted by Crippen LogP contribution is -2.09. The maximum Gasteiger partial charge on any atom is 0.136 e. The van der Waals surface area contributed by atoms with Crippen LogP contribution in [-0.2, 0) is 6.54 Å². The van der Waals surface area contributed by atoms with Crippen molar-refractivity contribution in [1.82, 2.24) is 9.97 Å². The topological polar surface area (TPSA) is 49.8 Å². The van der Waals surface area contributed by atoms with E-state index in [-0.39, 0.29) is 5.82 Å². The van der Waals surface area contributed by atoms with Crippen molar-refractivity contribution in [3.63, 3.8) is 0 Å². The van der Waals surface area contributed by atoms with Gasteiger partial charge in [0.15, 0.2) is 0 Å². The van der Waals surface area contributed by atoms with E-state index in [1.54, 1.807) is 6.07 Å². The third kappa shape index (κ3) is 3.12. The number of hydrogen-bond donors (Lipinski definition) is 2. The SMILES string of the molecule is CNc1nc(C2CC2)nc(NCc2cccc(F)c2)c1C. The summed E-state index contributed by atoms with van der Waals surface area (Å²) in [4.78, 5) is 9.18. The molecule has 1 saturated carbocycles. The van der Waals surface area contributed by atoms with Crippen LogP contribution in [-0.4, -0.2) is 17.0 Å². The van der Waals surface area contributed by atoms with E-state index in [9.17, 15) is 4.39 Å². The van der Waals surface area contributed by atoms with Gasteiger partial charge in [0.1, 0.15) is 23.3 Å². The Labute approximate surface area is 123 Å². The Kier molecular flexibility index (Phi) is 3.73. The van der Waals surface area contributed by atoms with Gasteiger partial charge in [-0.2, -0.15) is 0 Å². The number of anilines is 2. The highest BCUT2D eigenvalue weighted by atomic mass is 19.1. The molecule has 21 heavy (non-hydrogen) atoms. The van der Waals surface area contributed by atoms with Crippen LogP contribution in [0.1, 0.15) is 35.7 Å². The van der Waals surface area contributed by atoms with Gasteiger partial charge in [0, 0.05) is 25.1 Å². The summed E-state index contributed by atoms with van der Waals surface area (Å²) < 4.78 is 13.2. The number of benzene rings is 1. The zero-order chi connectivity index (χ0) is 14.8. The van der Waals surface area contributed by atoms with Gasteiger partial charge < -0.3 is 10.6 Å². The lowest BCUT2D eigenvalue weighted by atomic mass is 10.2. The molecule has 1 aliphatic rings. The zero-order valence-electron chi connectivity index (χ0n) is 12.3. The van der Waals surface area contributed by atoms with Crippen molar-refractivity contribution in [2.75, 3.05) is 17.7 Å². The molecule has 1 heterocycles. The monoisotopic (exact) mass is 286 g/mol. The molecule has 0 spiro atoms. The van der Waals surface area contributed by atoms with Crippen LogP contribution in [0.2, 0.25) is 0 Å². The van der Waals surface area contributed by atoms with Crippen molar-refractivity contribution in [3.05, 3.63) is 47.0 Å². The van der Waals surface area contributed by atoms with E-state index in [1.165, 1.54) is 12.1 Å². The van der Waals surface area contributed by atoms with Crippen molar-refractivity contribution in [2.45, 2.75) is 32.2 Å². The number of aromatic nitrogens is 2. The van der Waals surface area contributed by atoms with Gasteiger partial charge in [-0.1, -0.05) is 12.1 Å². The van der Waals surface area contributed by atoms with Gasteiger partial charge in [0.25, 0.3) is 0 Å². The summed E-state index contributed by atoms with van der Waals surface area (Å²) in [7, 11) is 1.86. The molecule has 0 amide bonds. The van der Waals surface area contributed by atoms with E-state index < -0.39 is 0 Å². The van der Waals surface area contributed by atoms with Crippen molar-refractivity contribution < 1.29 is 4.39 Å². The average molecular weight is 286 g/mol. The highest BCUT2D eigenvalue weighted by Crippen LogP contribution is 2.39. The minimum absolute atomic E-state index is 0.219. The first-order chi connectivity index (χ1) is 10.2. The summed E-state index contributed by atoms with van der Waals surface area (Å²) in [6, 6.07) is 6.59. The predicted octanol–water partition coefficient (Wildman–Crippen LogP) is 3.46. The first-order valence-corrected chi connectivity index (χ1v) is 7.22. The molecule has 0 atom stereocenters. The molecule has 1 aromatic carbocycles. The highest BCUT2D eigenvalue weighted by Gasteiger charge is 2.28. The minimum atomic E-state index is -0.219. The van der Waals surface area contributed by atoms with Gasteiger partial charge in [0.05, 0.1) is 0 Å². The fourth-order valence-corrected chi connectivity index (χ4v) is 2.31. The van der Waals surface area contributed by atoms with Crippen LogP contribution in [0.5, 0.6) is 0 Å². The molecule has 2 N–H and O–H groups in total. The van der Waals surface area contributed by atoms with E-state index in [2.05, 4.69) is 20.6 Å². The third-order valence-electron chi connectivity index (χ3n) is 3.69. The maximum atomic E-state index is 13.2. The van der Waals surface area contributed by atoms with Crippen molar-refractivity contribution in [2.24, 2.45) is 0 Å². The fourth-order valence-electron chi connectivity index (χ4n) is 2.31. The summed E-state index contributed by atoms with van der Waals surface area (Å²) in [5, 5.41) is 6.41. The van der Waals surface area contributed by atoms with Crippen LogP contribution in [0.4, 0.5) is 16.0 Å². The summed E-state index contributed by atoms with van der Waals surface area (Å²) >= 11 is 0. The molecule has 1 aromatic heterocycles. The second-order valence-electron chi connectivity index (χ2n) is 5.41. The van der Waals surface area contributed by atoms with Crippen LogP contribution in [0.25, 0.3) is 0 Å². The molecule has 0 aliphatic heterocycles. The molecule has 0 saturated heterocycles. The van der Waals surface area contributed by atoms with Gasteiger partial charge >= 0.3 is 0 Å². The molecular weight excluding hydrogens is 267 g/mol. The Balaban J connectivity index is 1.82. The molecule has 0 radical (unpaired) electrons. The smallest absolute Gasteiger partial charge is 0.136 e. The van der Waals surface area contributed by atoms with Crippen molar-refractivity contribution in [3.8, 4) is 0 Å². The second-order valence-corrected chi connectivity index (χ2v) is 5.41. The molecule has 1 fully saturated rings. The number of halogens is 1. The van der Waals surface area contributed by atoms with E-state index in [0.717, 1.165) is 41.4 Å². The van der Waals surface area contributed by atoms with Crippen LogP contribution < -0.4 is 10.6 Å². The van der Waals surface area contributed by atoms with E-state index in [0.29, 0.717) is 12.5 Å². The van der Waals surface area contributed by atoms with Gasteiger partial charge in [-0.25, -0.2) is 14.4 Å². The Morgan fingerprint density at radius 2 is 2.00 bits per heavy atom. The summed E-state index contributed by atoms with van der Waals surface area (Å²) in [5.41, 5.74) is 1.88.